The second-order valence-corrected chi connectivity index (χ2v) is 5.53. The molecule has 0 aliphatic carbocycles. The van der Waals surface area contributed by atoms with Gasteiger partial charge in [-0.15, -0.1) is 10.2 Å². The van der Waals surface area contributed by atoms with E-state index in [1.165, 1.54) is 25.9 Å². The number of ether oxygens (including phenoxy) is 1. The van der Waals surface area contributed by atoms with Crippen LogP contribution < -0.4 is 4.74 Å². The van der Waals surface area contributed by atoms with Crippen LogP contribution in [0, 0.1) is 5.92 Å². The van der Waals surface area contributed by atoms with Crippen molar-refractivity contribution in [2.75, 3.05) is 19.6 Å². The quantitative estimate of drug-likeness (QED) is 0.856. The van der Waals surface area contributed by atoms with Crippen molar-refractivity contribution >= 4 is 0 Å². The first-order valence-corrected chi connectivity index (χ1v) is 7.15. The summed E-state index contributed by atoms with van der Waals surface area (Å²) in [6, 6.07) is 7.48. The van der Waals surface area contributed by atoms with Gasteiger partial charge in [0.05, 0.1) is 6.26 Å². The Labute approximate surface area is 117 Å². The zero-order valence-electron chi connectivity index (χ0n) is 11.2. The molecular formula is C15H17N3O2. The summed E-state index contributed by atoms with van der Waals surface area (Å²) < 4.78 is 11.3. The van der Waals surface area contributed by atoms with Crippen LogP contribution in [0.5, 0.6) is 5.88 Å². The third-order valence-corrected chi connectivity index (χ3v) is 4.28. The van der Waals surface area contributed by atoms with Gasteiger partial charge in [-0.2, -0.15) is 0 Å². The predicted octanol–water partition coefficient (Wildman–Crippen LogP) is 2.21. The molecule has 5 heteroatoms. The van der Waals surface area contributed by atoms with Crippen LogP contribution in [0.15, 0.2) is 34.9 Å². The summed E-state index contributed by atoms with van der Waals surface area (Å²) in [5.74, 6) is 2.01. The predicted molar refractivity (Wildman–Crippen MR) is 73.3 cm³/mol. The van der Waals surface area contributed by atoms with Crippen LogP contribution in [0.25, 0.3) is 11.5 Å². The van der Waals surface area contributed by atoms with Crippen molar-refractivity contribution in [3.05, 3.63) is 30.5 Å². The Morgan fingerprint density at radius 2 is 2.05 bits per heavy atom. The zero-order valence-corrected chi connectivity index (χ0v) is 11.2. The van der Waals surface area contributed by atoms with Gasteiger partial charge in [0.2, 0.25) is 5.88 Å². The van der Waals surface area contributed by atoms with Crippen LogP contribution in [0.4, 0.5) is 0 Å². The summed E-state index contributed by atoms with van der Waals surface area (Å²) in [7, 11) is 0. The molecule has 1 unspecified atom stereocenters. The molecule has 3 saturated heterocycles. The molecule has 0 radical (unpaired) electrons. The third-order valence-electron chi connectivity index (χ3n) is 4.28. The molecule has 0 N–H and O–H groups in total. The molecule has 2 aromatic heterocycles. The lowest BCUT2D eigenvalue weighted by molar-refractivity contribution is -0.0104. The SMILES string of the molecule is c1coc(-c2ccc(OC3CN4CCC3CC4)nn2)c1. The highest BCUT2D eigenvalue weighted by Crippen LogP contribution is 2.30. The van der Waals surface area contributed by atoms with Crippen molar-refractivity contribution in [1.82, 2.24) is 15.1 Å². The van der Waals surface area contributed by atoms with Crippen LogP contribution in [-0.4, -0.2) is 40.8 Å². The van der Waals surface area contributed by atoms with Crippen molar-refractivity contribution in [3.8, 4) is 17.3 Å². The minimum Gasteiger partial charge on any atom is -0.472 e. The first-order chi connectivity index (χ1) is 9.88. The maximum Gasteiger partial charge on any atom is 0.233 e. The molecule has 0 saturated carbocycles. The van der Waals surface area contributed by atoms with Crippen LogP contribution in [0.3, 0.4) is 0 Å². The van der Waals surface area contributed by atoms with E-state index < -0.39 is 0 Å². The summed E-state index contributed by atoms with van der Waals surface area (Å²) in [6.07, 6.45) is 4.38. The second kappa shape index (κ2) is 4.90. The van der Waals surface area contributed by atoms with Crippen LogP contribution in [0.2, 0.25) is 0 Å². The number of piperidine rings is 3. The molecule has 0 spiro atoms. The van der Waals surface area contributed by atoms with E-state index in [1.807, 2.05) is 24.3 Å². The minimum absolute atomic E-state index is 0.265. The van der Waals surface area contributed by atoms with Crippen LogP contribution in [-0.2, 0) is 0 Å². The van der Waals surface area contributed by atoms with Crippen LogP contribution in [0.1, 0.15) is 12.8 Å². The lowest BCUT2D eigenvalue weighted by Crippen LogP contribution is -2.52. The third kappa shape index (κ3) is 2.18. The molecular weight excluding hydrogens is 254 g/mol. The number of fused-ring (bicyclic) bond motifs is 3. The van der Waals surface area contributed by atoms with E-state index >= 15 is 0 Å². The lowest BCUT2D eigenvalue weighted by Gasteiger charge is -2.44. The topological polar surface area (TPSA) is 51.4 Å². The molecule has 1 atom stereocenters. The molecule has 3 fully saturated rings. The average Bonchev–Trinajstić information content (AvgIpc) is 3.04. The molecule has 0 aromatic carbocycles. The minimum atomic E-state index is 0.265. The first kappa shape index (κ1) is 11.9. The Balaban J connectivity index is 1.47. The van der Waals surface area contributed by atoms with Gasteiger partial charge in [0.1, 0.15) is 11.8 Å². The fourth-order valence-electron chi connectivity index (χ4n) is 3.14. The molecule has 2 aromatic rings. The number of hydrogen-bond donors (Lipinski definition) is 0. The van der Waals surface area contributed by atoms with E-state index in [2.05, 4.69) is 15.1 Å². The van der Waals surface area contributed by atoms with Gasteiger partial charge < -0.3 is 9.15 Å². The van der Waals surface area contributed by atoms with E-state index in [-0.39, 0.29) is 6.10 Å². The monoisotopic (exact) mass is 271 g/mol. The van der Waals surface area contributed by atoms with Gasteiger partial charge >= 0.3 is 0 Å². The maximum atomic E-state index is 6.02. The summed E-state index contributed by atoms with van der Waals surface area (Å²) in [5.41, 5.74) is 0.733. The molecule has 20 heavy (non-hydrogen) atoms. The number of furan rings is 1. The Kier molecular flexibility index (Phi) is 2.92. The average molecular weight is 271 g/mol. The number of aromatic nitrogens is 2. The Hall–Kier alpha value is -1.88. The highest BCUT2D eigenvalue weighted by Gasteiger charge is 2.35. The second-order valence-electron chi connectivity index (χ2n) is 5.53. The molecule has 0 amide bonds. The van der Waals surface area contributed by atoms with Gasteiger partial charge in [0.25, 0.3) is 0 Å². The summed E-state index contributed by atoms with van der Waals surface area (Å²) in [5, 5.41) is 8.33. The Morgan fingerprint density at radius 3 is 2.65 bits per heavy atom. The molecule has 5 nitrogen and oxygen atoms in total. The van der Waals surface area contributed by atoms with Crippen molar-refractivity contribution in [3.63, 3.8) is 0 Å². The molecule has 5 heterocycles. The highest BCUT2D eigenvalue weighted by atomic mass is 16.5. The maximum absolute atomic E-state index is 6.02. The van der Waals surface area contributed by atoms with Gasteiger partial charge in [-0.1, -0.05) is 0 Å². The number of hydrogen-bond acceptors (Lipinski definition) is 5. The van der Waals surface area contributed by atoms with Gasteiger partial charge in [-0.25, -0.2) is 0 Å². The van der Waals surface area contributed by atoms with E-state index in [1.54, 1.807) is 6.26 Å². The summed E-state index contributed by atoms with van der Waals surface area (Å²) >= 11 is 0. The molecule has 3 aliphatic heterocycles. The van der Waals surface area contributed by atoms with E-state index in [0.717, 1.165) is 18.0 Å². The fraction of sp³-hybridized carbons (Fsp3) is 0.467. The van der Waals surface area contributed by atoms with Crippen molar-refractivity contribution in [2.24, 2.45) is 5.92 Å². The number of rotatable bonds is 3. The Bertz CT molecular complexity index is 559. The van der Waals surface area contributed by atoms with E-state index in [0.29, 0.717) is 11.8 Å². The normalized spacial score (nSPS) is 28.5. The zero-order chi connectivity index (χ0) is 13.4. The van der Waals surface area contributed by atoms with Gasteiger partial charge in [0.15, 0.2) is 5.76 Å². The van der Waals surface area contributed by atoms with E-state index in [9.17, 15) is 0 Å². The molecule has 3 aliphatic rings. The summed E-state index contributed by atoms with van der Waals surface area (Å²) in [4.78, 5) is 2.47. The molecule has 5 rings (SSSR count). The van der Waals surface area contributed by atoms with Crippen molar-refractivity contribution < 1.29 is 9.15 Å². The largest absolute Gasteiger partial charge is 0.472 e. The fourth-order valence-corrected chi connectivity index (χ4v) is 3.14. The van der Waals surface area contributed by atoms with E-state index in [4.69, 9.17) is 9.15 Å². The lowest BCUT2D eigenvalue weighted by atomic mass is 9.86. The first-order valence-electron chi connectivity index (χ1n) is 7.15. The standard InChI is InChI=1S/C15H17N3O2/c1-2-13(19-9-1)12-3-4-15(17-16-12)20-14-10-18-7-5-11(14)6-8-18/h1-4,9,11,14H,5-8,10H2. The summed E-state index contributed by atoms with van der Waals surface area (Å²) in [6.45, 7) is 3.45. The highest BCUT2D eigenvalue weighted by molar-refractivity contribution is 5.50. The molecule has 2 bridgehead atoms. The van der Waals surface area contributed by atoms with Gasteiger partial charge in [-0.3, -0.25) is 4.90 Å². The van der Waals surface area contributed by atoms with Gasteiger partial charge in [-0.05, 0) is 50.0 Å². The smallest absolute Gasteiger partial charge is 0.233 e. The van der Waals surface area contributed by atoms with Crippen molar-refractivity contribution in [2.45, 2.75) is 18.9 Å². The number of nitrogens with zero attached hydrogens (tertiary/aromatic N) is 3. The molecule has 104 valence electrons. The van der Waals surface area contributed by atoms with Crippen molar-refractivity contribution in [1.29, 1.82) is 0 Å². The van der Waals surface area contributed by atoms with Gasteiger partial charge in [0, 0.05) is 12.6 Å². The van der Waals surface area contributed by atoms with Crippen LogP contribution >= 0.6 is 0 Å². The Morgan fingerprint density at radius 1 is 1.15 bits per heavy atom.